The van der Waals surface area contributed by atoms with E-state index in [1.165, 1.54) is 0 Å². The summed E-state index contributed by atoms with van der Waals surface area (Å²) in [4.78, 5) is 9.64. The van der Waals surface area contributed by atoms with E-state index in [9.17, 15) is 4.79 Å². The summed E-state index contributed by atoms with van der Waals surface area (Å²) in [6.45, 7) is 0. The minimum absolute atomic E-state index is 0.339. The Hall–Kier alpha value is 0.390. The van der Waals surface area contributed by atoms with E-state index in [-0.39, 0.29) is 0 Å². The van der Waals surface area contributed by atoms with E-state index < -0.39 is 16.8 Å². The number of carbonyl (C=O) groups is 1. The van der Waals surface area contributed by atoms with Gasteiger partial charge in [-0.15, -0.1) is 0 Å². The van der Waals surface area contributed by atoms with Gasteiger partial charge in [0.2, 0.25) is 5.91 Å². The summed E-state index contributed by atoms with van der Waals surface area (Å²) in [5.74, 6) is -0.554. The number of nitrogens with two attached hydrogens (primary N) is 1. The van der Waals surface area contributed by atoms with E-state index in [4.69, 9.17) is 10.8 Å². The van der Waals surface area contributed by atoms with Gasteiger partial charge < -0.3 is 10.8 Å². The number of hydrogen-bond donors (Lipinski definition) is 2. The van der Waals surface area contributed by atoms with Gasteiger partial charge in [-0.25, -0.2) is 0 Å². The van der Waals surface area contributed by atoms with E-state index in [1.807, 2.05) is 0 Å². The molecule has 0 aromatic rings. The highest BCUT2D eigenvalue weighted by molar-refractivity contribution is 9.10. The predicted molar refractivity (Wildman–Crippen MR) is 41.7 cm³/mol. The molecule has 0 bridgehead atoms. The lowest BCUT2D eigenvalue weighted by atomic mass is 10.3. The summed E-state index contributed by atoms with van der Waals surface area (Å²) in [7, 11) is 0. The van der Waals surface area contributed by atoms with Crippen molar-refractivity contribution in [2.24, 2.45) is 5.73 Å². The third-order valence-corrected chi connectivity index (χ3v) is 2.49. The molecule has 0 aromatic carbocycles. The lowest BCUT2D eigenvalue weighted by Gasteiger charge is -2.09. The Bertz CT molecular complexity index is 109. The monoisotopic (exact) mass is 259 g/mol. The Morgan fingerprint density at radius 3 is 2.33 bits per heavy atom. The summed E-state index contributed by atoms with van der Waals surface area (Å²) in [5.41, 5.74) is 4.85. The van der Waals surface area contributed by atoms with Crippen LogP contribution in [0.15, 0.2) is 0 Å². The third-order valence-electron chi connectivity index (χ3n) is 0.768. The van der Waals surface area contributed by atoms with Crippen molar-refractivity contribution in [1.82, 2.24) is 0 Å². The normalized spacial score (nSPS) is 16.8. The Kier molecular flexibility index (Phi) is 4.43. The topological polar surface area (TPSA) is 63.3 Å². The van der Waals surface area contributed by atoms with Crippen molar-refractivity contribution in [3.8, 4) is 0 Å². The van der Waals surface area contributed by atoms with Crippen LogP contribution in [0.25, 0.3) is 0 Å². The van der Waals surface area contributed by atoms with Crippen LogP contribution in [0.1, 0.15) is 0 Å². The van der Waals surface area contributed by atoms with Gasteiger partial charge in [-0.3, -0.25) is 4.79 Å². The van der Waals surface area contributed by atoms with E-state index in [0.29, 0.717) is 5.33 Å². The molecule has 3 N–H and O–H groups in total. The number of halogens is 2. The van der Waals surface area contributed by atoms with E-state index in [1.54, 1.807) is 0 Å². The zero-order valence-corrected chi connectivity index (χ0v) is 7.72. The number of rotatable bonds is 3. The van der Waals surface area contributed by atoms with Crippen LogP contribution in [0.5, 0.6) is 0 Å². The predicted octanol–water partition coefficient (Wildman–Crippen LogP) is -0.00900. The maximum atomic E-state index is 10.3. The highest BCUT2D eigenvalue weighted by Crippen LogP contribution is 2.06. The van der Waals surface area contributed by atoms with Gasteiger partial charge in [0, 0.05) is 5.33 Å². The molecule has 0 aliphatic heterocycles. The Labute approximate surface area is 69.9 Å². The number of hydrogen-bond acceptors (Lipinski definition) is 2. The number of amides is 1. The van der Waals surface area contributed by atoms with Crippen LogP contribution >= 0.6 is 31.9 Å². The molecule has 0 unspecified atom stereocenters. The van der Waals surface area contributed by atoms with E-state index in [2.05, 4.69) is 31.9 Å². The molecule has 0 saturated carbocycles. The van der Waals surface area contributed by atoms with E-state index in [0.717, 1.165) is 0 Å². The van der Waals surface area contributed by atoms with Crippen molar-refractivity contribution in [3.63, 3.8) is 0 Å². The number of carbonyl (C=O) groups excluding carboxylic acids is 1. The lowest BCUT2D eigenvalue weighted by Crippen LogP contribution is -2.34. The summed E-state index contributed by atoms with van der Waals surface area (Å²) >= 11 is 5.91. The van der Waals surface area contributed by atoms with Crippen LogP contribution < -0.4 is 5.73 Å². The Morgan fingerprint density at radius 2 is 2.22 bits per heavy atom. The van der Waals surface area contributed by atoms with Gasteiger partial charge in [-0.1, -0.05) is 31.9 Å². The second-order valence-electron chi connectivity index (χ2n) is 1.53. The lowest BCUT2D eigenvalue weighted by molar-refractivity contribution is -0.118. The number of aliphatic hydroxyl groups is 1. The molecule has 0 spiro atoms. The first-order valence-electron chi connectivity index (χ1n) is 2.27. The fraction of sp³-hybridized carbons (Fsp3) is 0.750. The van der Waals surface area contributed by atoms with Crippen molar-refractivity contribution in [3.05, 3.63) is 0 Å². The highest BCUT2D eigenvalue weighted by atomic mass is 79.9. The molecule has 0 fully saturated rings. The molecule has 0 aliphatic carbocycles. The highest BCUT2D eigenvalue weighted by Gasteiger charge is 2.19. The van der Waals surface area contributed by atoms with Crippen molar-refractivity contribution in [1.29, 1.82) is 0 Å². The second kappa shape index (κ2) is 4.24. The zero-order valence-electron chi connectivity index (χ0n) is 4.55. The fourth-order valence-corrected chi connectivity index (χ4v) is 1.33. The first kappa shape index (κ1) is 9.39. The molecule has 0 saturated heterocycles. The summed E-state index contributed by atoms with van der Waals surface area (Å²) in [6.07, 6.45) is -0.748. The van der Waals surface area contributed by atoms with Crippen LogP contribution in [-0.4, -0.2) is 27.3 Å². The van der Waals surface area contributed by atoms with Crippen LogP contribution in [0, 0.1) is 0 Å². The molecule has 0 aromatic heterocycles. The van der Waals surface area contributed by atoms with Crippen molar-refractivity contribution in [2.45, 2.75) is 10.9 Å². The molecular formula is C4H7Br2NO2. The van der Waals surface area contributed by atoms with Crippen LogP contribution in [0.3, 0.4) is 0 Å². The third kappa shape index (κ3) is 3.17. The molecule has 0 aliphatic rings. The van der Waals surface area contributed by atoms with Crippen molar-refractivity contribution < 1.29 is 9.90 Å². The fourth-order valence-electron chi connectivity index (χ4n) is 0.268. The van der Waals surface area contributed by atoms with Gasteiger partial charge in [0.1, 0.15) is 4.83 Å². The van der Waals surface area contributed by atoms with Crippen LogP contribution in [-0.2, 0) is 4.79 Å². The number of aliphatic hydroxyl groups excluding tert-OH is 1. The quantitative estimate of drug-likeness (QED) is 0.702. The maximum Gasteiger partial charge on any atom is 0.233 e. The van der Waals surface area contributed by atoms with Gasteiger partial charge in [0.15, 0.2) is 0 Å². The Morgan fingerprint density at radius 1 is 1.78 bits per heavy atom. The van der Waals surface area contributed by atoms with Crippen LogP contribution in [0.2, 0.25) is 0 Å². The minimum Gasteiger partial charge on any atom is -0.391 e. The second-order valence-corrected chi connectivity index (χ2v) is 3.16. The molecule has 1 amide bonds. The van der Waals surface area contributed by atoms with Crippen molar-refractivity contribution >= 4 is 37.8 Å². The number of primary amides is 1. The molecule has 0 heterocycles. The first-order chi connectivity index (χ1) is 4.09. The smallest absolute Gasteiger partial charge is 0.233 e. The van der Waals surface area contributed by atoms with Gasteiger partial charge >= 0.3 is 0 Å². The van der Waals surface area contributed by atoms with Gasteiger partial charge in [0.25, 0.3) is 0 Å². The van der Waals surface area contributed by atoms with E-state index >= 15 is 0 Å². The number of alkyl halides is 2. The van der Waals surface area contributed by atoms with Gasteiger partial charge in [-0.05, 0) is 0 Å². The average Bonchev–Trinajstić information content (AvgIpc) is 1.84. The summed E-state index contributed by atoms with van der Waals surface area (Å²) in [6, 6.07) is 0. The average molecular weight is 261 g/mol. The summed E-state index contributed by atoms with van der Waals surface area (Å²) in [5, 5.41) is 9.24. The molecule has 2 atom stereocenters. The molecular weight excluding hydrogens is 254 g/mol. The molecule has 5 heteroatoms. The standard InChI is InChI=1S/C4H7Br2NO2/c5-1-2(8)3(6)4(7)9/h2-3,8H,1H2,(H2,7,9)/t2-,3+/m0/s1. The SMILES string of the molecule is NC(=O)[C@H](Br)[C@@H](O)CBr. The Balaban J connectivity index is 3.72. The molecule has 0 radical (unpaired) electrons. The van der Waals surface area contributed by atoms with Crippen molar-refractivity contribution in [2.75, 3.05) is 5.33 Å². The van der Waals surface area contributed by atoms with Crippen LogP contribution in [0.4, 0.5) is 0 Å². The van der Waals surface area contributed by atoms with Gasteiger partial charge in [-0.2, -0.15) is 0 Å². The summed E-state index contributed by atoms with van der Waals surface area (Å²) < 4.78 is 0. The zero-order chi connectivity index (χ0) is 7.44. The molecule has 54 valence electrons. The largest absolute Gasteiger partial charge is 0.391 e. The molecule has 9 heavy (non-hydrogen) atoms. The molecule has 0 rings (SSSR count). The first-order valence-corrected chi connectivity index (χ1v) is 4.30. The molecule has 3 nitrogen and oxygen atoms in total. The minimum atomic E-state index is -0.748. The van der Waals surface area contributed by atoms with Gasteiger partial charge in [0.05, 0.1) is 6.10 Å². The maximum absolute atomic E-state index is 10.3.